The van der Waals surface area contributed by atoms with E-state index in [1.165, 1.54) is 0 Å². The van der Waals surface area contributed by atoms with Crippen LogP contribution in [-0.4, -0.2) is 43.5 Å². The number of ether oxygens (including phenoxy) is 3. The Balaban J connectivity index is 2.30. The summed E-state index contributed by atoms with van der Waals surface area (Å²) < 4.78 is 15.1. The highest BCUT2D eigenvalue weighted by atomic mass is 16.6. The van der Waals surface area contributed by atoms with Gasteiger partial charge in [-0.15, -0.1) is 0 Å². The predicted octanol–water partition coefficient (Wildman–Crippen LogP) is 2.50. The lowest BCUT2D eigenvalue weighted by molar-refractivity contribution is -0.163. The fourth-order valence-corrected chi connectivity index (χ4v) is 3.51. The Morgan fingerprint density at radius 1 is 0.964 bits per heavy atom. The van der Waals surface area contributed by atoms with Crippen molar-refractivity contribution >= 4 is 23.7 Å². The molecule has 0 saturated heterocycles. The summed E-state index contributed by atoms with van der Waals surface area (Å²) in [5.74, 6) is -3.61. The van der Waals surface area contributed by atoms with Crippen LogP contribution in [0, 0.1) is 11.3 Å². The third-order valence-corrected chi connectivity index (χ3v) is 4.86. The van der Waals surface area contributed by atoms with Crippen LogP contribution in [0.15, 0.2) is 24.3 Å². The molecule has 0 N–H and O–H groups in total. The fourth-order valence-electron chi connectivity index (χ4n) is 3.51. The summed E-state index contributed by atoms with van der Waals surface area (Å²) in [4.78, 5) is 50.4. The minimum absolute atomic E-state index is 0.0123. The quantitative estimate of drug-likeness (QED) is 0.363. The number of carbonyl (C=O) groups excluding carboxylic acids is 4. The summed E-state index contributed by atoms with van der Waals surface area (Å²) in [6.07, 6.45) is 0.122. The molecule has 1 aliphatic rings. The van der Waals surface area contributed by atoms with Crippen molar-refractivity contribution in [3.05, 3.63) is 35.4 Å². The van der Waals surface area contributed by atoms with Gasteiger partial charge in [0.25, 0.3) is 0 Å². The van der Waals surface area contributed by atoms with Crippen LogP contribution < -0.4 is 0 Å². The molecule has 152 valence electrons. The topological polar surface area (TPSA) is 96.0 Å². The maximum atomic E-state index is 13.1. The highest BCUT2D eigenvalue weighted by molar-refractivity contribution is 6.16. The SMILES string of the molecule is CCOC(=O)C(CCC1(C(=O)OCC)Cc2ccccc2C1=O)C(=O)OCC. The van der Waals surface area contributed by atoms with Gasteiger partial charge in [-0.2, -0.15) is 0 Å². The van der Waals surface area contributed by atoms with Crippen molar-refractivity contribution in [1.82, 2.24) is 0 Å². The minimum Gasteiger partial charge on any atom is -0.465 e. The van der Waals surface area contributed by atoms with E-state index in [1.807, 2.05) is 0 Å². The molecule has 0 fully saturated rings. The largest absolute Gasteiger partial charge is 0.465 e. The molecular formula is C21H26O7. The van der Waals surface area contributed by atoms with Crippen molar-refractivity contribution in [3.63, 3.8) is 0 Å². The van der Waals surface area contributed by atoms with Crippen LogP contribution in [0.25, 0.3) is 0 Å². The van der Waals surface area contributed by atoms with Crippen LogP contribution in [0.1, 0.15) is 49.5 Å². The number of esters is 3. The van der Waals surface area contributed by atoms with Crippen molar-refractivity contribution in [3.8, 4) is 0 Å². The van der Waals surface area contributed by atoms with Gasteiger partial charge in [0.2, 0.25) is 0 Å². The van der Waals surface area contributed by atoms with E-state index in [0.717, 1.165) is 5.56 Å². The van der Waals surface area contributed by atoms with E-state index in [-0.39, 0.29) is 44.9 Å². The number of ketones is 1. The second-order valence-corrected chi connectivity index (χ2v) is 6.56. The molecule has 7 heteroatoms. The molecule has 1 aliphatic carbocycles. The third-order valence-electron chi connectivity index (χ3n) is 4.86. The Bertz CT molecular complexity index is 737. The summed E-state index contributed by atoms with van der Waals surface area (Å²) in [5, 5.41) is 0. The highest BCUT2D eigenvalue weighted by Crippen LogP contribution is 2.42. The Kier molecular flexibility index (Phi) is 7.31. The minimum atomic E-state index is -1.45. The summed E-state index contributed by atoms with van der Waals surface area (Å²) >= 11 is 0. The number of hydrogen-bond donors (Lipinski definition) is 0. The van der Waals surface area contributed by atoms with Gasteiger partial charge in [0.05, 0.1) is 19.8 Å². The molecule has 0 spiro atoms. The molecule has 1 aromatic rings. The van der Waals surface area contributed by atoms with Gasteiger partial charge in [-0.1, -0.05) is 24.3 Å². The van der Waals surface area contributed by atoms with E-state index in [4.69, 9.17) is 14.2 Å². The van der Waals surface area contributed by atoms with E-state index >= 15 is 0 Å². The maximum absolute atomic E-state index is 13.1. The van der Waals surface area contributed by atoms with Gasteiger partial charge in [-0.3, -0.25) is 19.2 Å². The Hall–Kier alpha value is -2.70. The number of hydrogen-bond acceptors (Lipinski definition) is 7. The smallest absolute Gasteiger partial charge is 0.320 e. The molecular weight excluding hydrogens is 364 g/mol. The first-order valence-electron chi connectivity index (χ1n) is 9.54. The zero-order valence-electron chi connectivity index (χ0n) is 16.5. The van der Waals surface area contributed by atoms with Gasteiger partial charge in [0.15, 0.2) is 11.7 Å². The normalized spacial score (nSPS) is 17.9. The number of rotatable bonds is 9. The molecule has 0 aliphatic heterocycles. The van der Waals surface area contributed by atoms with Crippen LogP contribution in [0.5, 0.6) is 0 Å². The molecule has 1 atom stereocenters. The first-order chi connectivity index (χ1) is 13.4. The number of carbonyl (C=O) groups is 4. The summed E-state index contributed by atoms with van der Waals surface area (Å²) in [5.41, 5.74) is -0.222. The van der Waals surface area contributed by atoms with Gasteiger partial charge in [-0.05, 0) is 45.6 Å². The van der Waals surface area contributed by atoms with Crippen LogP contribution in [0.4, 0.5) is 0 Å². The lowest BCUT2D eigenvalue weighted by atomic mass is 9.77. The van der Waals surface area contributed by atoms with E-state index in [1.54, 1.807) is 45.0 Å². The Morgan fingerprint density at radius 2 is 1.54 bits per heavy atom. The number of benzene rings is 1. The lowest BCUT2D eigenvalue weighted by Gasteiger charge is -2.26. The molecule has 0 heterocycles. The average molecular weight is 390 g/mol. The molecule has 0 amide bonds. The van der Waals surface area contributed by atoms with Gasteiger partial charge in [0, 0.05) is 5.56 Å². The number of fused-ring (bicyclic) bond motifs is 1. The van der Waals surface area contributed by atoms with Gasteiger partial charge >= 0.3 is 17.9 Å². The molecule has 7 nitrogen and oxygen atoms in total. The first kappa shape index (κ1) is 21.6. The van der Waals surface area contributed by atoms with Gasteiger partial charge in [0.1, 0.15) is 5.41 Å². The summed E-state index contributed by atoms with van der Waals surface area (Å²) in [6.45, 7) is 5.29. The monoisotopic (exact) mass is 390 g/mol. The van der Waals surface area contributed by atoms with Crippen LogP contribution in [0.2, 0.25) is 0 Å². The zero-order valence-corrected chi connectivity index (χ0v) is 16.5. The van der Waals surface area contributed by atoms with Crippen LogP contribution in [-0.2, 0) is 35.0 Å². The van der Waals surface area contributed by atoms with E-state index in [0.29, 0.717) is 5.56 Å². The number of Topliss-reactive ketones (excluding diaryl/α,β-unsaturated/α-hetero) is 1. The van der Waals surface area contributed by atoms with E-state index < -0.39 is 29.2 Å². The van der Waals surface area contributed by atoms with Crippen LogP contribution >= 0.6 is 0 Å². The molecule has 1 unspecified atom stereocenters. The van der Waals surface area contributed by atoms with E-state index in [2.05, 4.69) is 0 Å². The molecule has 1 aromatic carbocycles. The fraction of sp³-hybridized carbons (Fsp3) is 0.524. The predicted molar refractivity (Wildman–Crippen MR) is 99.5 cm³/mol. The first-order valence-corrected chi connectivity index (χ1v) is 9.54. The van der Waals surface area contributed by atoms with Crippen molar-refractivity contribution in [2.24, 2.45) is 11.3 Å². The van der Waals surface area contributed by atoms with Crippen molar-refractivity contribution in [1.29, 1.82) is 0 Å². The molecule has 28 heavy (non-hydrogen) atoms. The average Bonchev–Trinajstić information content (AvgIpc) is 2.96. The second-order valence-electron chi connectivity index (χ2n) is 6.56. The van der Waals surface area contributed by atoms with Gasteiger partial charge in [-0.25, -0.2) is 0 Å². The Labute approximate surface area is 164 Å². The molecule has 2 rings (SSSR count). The van der Waals surface area contributed by atoms with Crippen molar-refractivity contribution < 1.29 is 33.4 Å². The maximum Gasteiger partial charge on any atom is 0.320 e. The molecule has 0 bridgehead atoms. The van der Waals surface area contributed by atoms with Crippen LogP contribution in [0.3, 0.4) is 0 Å². The highest BCUT2D eigenvalue weighted by Gasteiger charge is 2.53. The molecule has 0 radical (unpaired) electrons. The summed E-state index contributed by atoms with van der Waals surface area (Å²) in [6, 6.07) is 7.00. The Morgan fingerprint density at radius 3 is 2.07 bits per heavy atom. The van der Waals surface area contributed by atoms with Gasteiger partial charge < -0.3 is 14.2 Å². The second kappa shape index (κ2) is 9.48. The van der Waals surface area contributed by atoms with E-state index in [9.17, 15) is 19.2 Å². The molecule has 0 aromatic heterocycles. The standard InChI is InChI=1S/C21H26O7/c1-4-26-18(23)16(19(24)27-5-2)11-12-21(20(25)28-6-3)13-14-9-7-8-10-15(14)17(21)22/h7-10,16H,4-6,11-13H2,1-3H3. The van der Waals surface area contributed by atoms with Crippen molar-refractivity contribution in [2.45, 2.75) is 40.0 Å². The zero-order chi connectivity index (χ0) is 20.7. The third kappa shape index (κ3) is 4.24. The summed E-state index contributed by atoms with van der Waals surface area (Å²) in [7, 11) is 0. The van der Waals surface area contributed by atoms with Crippen molar-refractivity contribution in [2.75, 3.05) is 19.8 Å². The molecule has 0 saturated carbocycles. The lowest BCUT2D eigenvalue weighted by Crippen LogP contribution is -2.40.